The lowest BCUT2D eigenvalue weighted by molar-refractivity contribution is 0.0609. The Hall–Kier alpha value is -0.780. The number of rotatable bonds is 7. The van der Waals surface area contributed by atoms with Crippen LogP contribution in [0.25, 0.3) is 0 Å². The Morgan fingerprint density at radius 2 is 1.88 bits per heavy atom. The Labute approximate surface area is 199 Å². The molecule has 1 heterocycles. The Morgan fingerprint density at radius 3 is 2.61 bits per heavy atom. The zero-order valence-electron chi connectivity index (χ0n) is 20.7. The number of fused-ring (bicyclic) bond motifs is 1. The van der Waals surface area contributed by atoms with Gasteiger partial charge in [-0.05, 0) is 99.8 Å². The van der Waals surface area contributed by atoms with Crippen molar-refractivity contribution in [1.82, 2.24) is 4.90 Å². The van der Waals surface area contributed by atoms with Crippen molar-refractivity contribution in [2.45, 2.75) is 103 Å². The lowest BCUT2D eigenvalue weighted by Crippen LogP contribution is -2.39. The van der Waals surface area contributed by atoms with Crippen LogP contribution in [0.1, 0.15) is 84.5 Å². The predicted molar refractivity (Wildman–Crippen MR) is 129 cm³/mol. The van der Waals surface area contributed by atoms with Gasteiger partial charge in [-0.15, -0.1) is 0 Å². The minimum Gasteiger partial charge on any atom is -0.393 e. The SMILES string of the molecule is C[C@H](CN1CC[C@@H](CCC(F)F)C1)[C@H]1CC[C@H]2/C(=C/C=C3C[C@@H](O)C[C@H](O)C3)CCC[C@]12C. The molecule has 3 aliphatic carbocycles. The van der Waals surface area contributed by atoms with E-state index in [0.717, 1.165) is 32.0 Å². The maximum absolute atomic E-state index is 12.6. The van der Waals surface area contributed by atoms with E-state index in [-0.39, 0.29) is 6.42 Å². The van der Waals surface area contributed by atoms with Gasteiger partial charge >= 0.3 is 0 Å². The molecule has 3 nitrogen and oxygen atoms in total. The molecule has 0 bridgehead atoms. The Bertz CT molecular complexity index is 711. The van der Waals surface area contributed by atoms with Gasteiger partial charge in [0.25, 0.3) is 0 Å². The van der Waals surface area contributed by atoms with Crippen molar-refractivity contribution < 1.29 is 19.0 Å². The summed E-state index contributed by atoms with van der Waals surface area (Å²) in [5, 5.41) is 20.0. The first kappa shape index (κ1) is 25.3. The third-order valence-electron chi connectivity index (χ3n) is 9.51. The molecule has 2 N–H and O–H groups in total. The normalized spacial score (nSPS) is 39.9. The second-order valence-electron chi connectivity index (χ2n) is 12.0. The van der Waals surface area contributed by atoms with Crippen LogP contribution >= 0.6 is 0 Å². The minimum atomic E-state index is -2.16. The van der Waals surface area contributed by atoms with Crippen LogP contribution in [0.5, 0.6) is 0 Å². The number of allylic oxidation sites excluding steroid dienone is 3. The summed E-state index contributed by atoms with van der Waals surface area (Å²) in [6.45, 7) is 8.13. The maximum atomic E-state index is 12.6. The first-order chi connectivity index (χ1) is 15.7. The van der Waals surface area contributed by atoms with Crippen molar-refractivity contribution in [2.75, 3.05) is 19.6 Å². The van der Waals surface area contributed by atoms with Gasteiger partial charge in [-0.1, -0.05) is 37.1 Å². The van der Waals surface area contributed by atoms with E-state index >= 15 is 0 Å². The molecule has 7 atom stereocenters. The largest absolute Gasteiger partial charge is 0.393 e. The molecule has 5 heteroatoms. The molecule has 0 aromatic rings. The average Bonchev–Trinajstić information content (AvgIpc) is 3.33. The van der Waals surface area contributed by atoms with Crippen molar-refractivity contribution in [3.05, 3.63) is 23.3 Å². The van der Waals surface area contributed by atoms with Gasteiger partial charge in [0.2, 0.25) is 6.43 Å². The number of likely N-dealkylation sites (tertiary alicyclic amines) is 1. The molecule has 0 radical (unpaired) electrons. The van der Waals surface area contributed by atoms with Crippen LogP contribution in [-0.4, -0.2) is 53.4 Å². The van der Waals surface area contributed by atoms with Crippen molar-refractivity contribution >= 4 is 0 Å². The second kappa shape index (κ2) is 10.9. The summed E-state index contributed by atoms with van der Waals surface area (Å²) in [5.74, 6) is 2.45. The van der Waals surface area contributed by atoms with Gasteiger partial charge < -0.3 is 15.1 Å². The van der Waals surface area contributed by atoms with E-state index in [1.54, 1.807) is 5.57 Å². The molecule has 0 aromatic carbocycles. The third kappa shape index (κ3) is 6.08. The zero-order valence-corrected chi connectivity index (χ0v) is 20.7. The van der Waals surface area contributed by atoms with Gasteiger partial charge in [-0.25, -0.2) is 8.78 Å². The molecule has 3 saturated carbocycles. The topological polar surface area (TPSA) is 43.7 Å². The van der Waals surface area contributed by atoms with Gasteiger partial charge in [0.15, 0.2) is 0 Å². The fourth-order valence-electron chi connectivity index (χ4n) is 7.96. The summed E-state index contributed by atoms with van der Waals surface area (Å²) in [7, 11) is 0. The lowest BCUT2D eigenvalue weighted by Gasteiger charge is -2.45. The summed E-state index contributed by atoms with van der Waals surface area (Å²) < 4.78 is 25.2. The molecule has 1 aliphatic heterocycles. The molecule has 0 spiro atoms. The fraction of sp³-hybridized carbons (Fsp3) is 0.857. The van der Waals surface area contributed by atoms with Gasteiger partial charge in [0.05, 0.1) is 12.2 Å². The van der Waals surface area contributed by atoms with Crippen LogP contribution in [0.4, 0.5) is 8.78 Å². The molecule has 0 amide bonds. The van der Waals surface area contributed by atoms with Crippen molar-refractivity contribution in [1.29, 1.82) is 0 Å². The summed E-state index contributed by atoms with van der Waals surface area (Å²) in [4.78, 5) is 2.54. The molecule has 0 aromatic heterocycles. The number of hydrogen-bond acceptors (Lipinski definition) is 3. The van der Waals surface area contributed by atoms with Gasteiger partial charge in [0.1, 0.15) is 0 Å². The van der Waals surface area contributed by atoms with E-state index < -0.39 is 18.6 Å². The molecule has 33 heavy (non-hydrogen) atoms. The van der Waals surface area contributed by atoms with Gasteiger partial charge in [-0.2, -0.15) is 0 Å². The number of nitrogens with zero attached hydrogens (tertiary/aromatic N) is 1. The quantitative estimate of drug-likeness (QED) is 0.487. The number of aliphatic hydroxyl groups is 2. The number of hydrogen-bond donors (Lipinski definition) is 2. The summed E-state index contributed by atoms with van der Waals surface area (Å²) >= 11 is 0. The van der Waals surface area contributed by atoms with Crippen LogP contribution in [0.15, 0.2) is 23.3 Å². The van der Waals surface area contributed by atoms with Crippen molar-refractivity contribution in [3.63, 3.8) is 0 Å². The van der Waals surface area contributed by atoms with Crippen LogP contribution < -0.4 is 0 Å². The molecule has 4 aliphatic rings. The summed E-state index contributed by atoms with van der Waals surface area (Å²) in [6.07, 6.45) is 11.5. The molecule has 4 rings (SSSR count). The highest BCUT2D eigenvalue weighted by atomic mass is 19.3. The monoisotopic (exact) mass is 465 g/mol. The first-order valence-corrected chi connectivity index (χ1v) is 13.5. The Balaban J connectivity index is 1.36. The number of aliphatic hydroxyl groups excluding tert-OH is 2. The highest BCUT2D eigenvalue weighted by Crippen LogP contribution is 2.59. The Morgan fingerprint density at radius 1 is 1.12 bits per heavy atom. The van der Waals surface area contributed by atoms with E-state index in [1.807, 2.05) is 0 Å². The standard InChI is InChI=1S/C28H45F2NO2/c1-19(17-31-13-11-20(18-31)6-10-27(29)30)25-8-9-26-22(4-3-12-28(25,26)2)7-5-21-14-23(32)16-24(33)15-21/h5,7,19-20,23-27,32-33H,3-4,6,8-18H2,1-2H3/b22-7+/t19-,20-,23-,24-,25-,26+,28-/m1/s1. The number of alkyl halides is 2. The highest BCUT2D eigenvalue weighted by Gasteiger charge is 2.50. The molecular formula is C28H45F2NO2. The van der Waals surface area contributed by atoms with Gasteiger partial charge in [0, 0.05) is 19.5 Å². The third-order valence-corrected chi connectivity index (χ3v) is 9.51. The van der Waals surface area contributed by atoms with Crippen LogP contribution in [-0.2, 0) is 0 Å². The Kier molecular flexibility index (Phi) is 8.34. The highest BCUT2D eigenvalue weighted by molar-refractivity contribution is 5.26. The first-order valence-electron chi connectivity index (χ1n) is 13.5. The molecule has 0 unspecified atom stereocenters. The average molecular weight is 466 g/mol. The summed E-state index contributed by atoms with van der Waals surface area (Å²) in [6, 6.07) is 0. The van der Waals surface area contributed by atoms with Crippen LogP contribution in [0.2, 0.25) is 0 Å². The van der Waals surface area contributed by atoms with Crippen molar-refractivity contribution in [2.24, 2.45) is 29.1 Å². The minimum absolute atomic E-state index is 0.0552. The second-order valence-corrected chi connectivity index (χ2v) is 12.0. The van der Waals surface area contributed by atoms with E-state index in [0.29, 0.717) is 48.9 Å². The number of halogens is 2. The molecule has 1 saturated heterocycles. The fourth-order valence-corrected chi connectivity index (χ4v) is 7.96. The van der Waals surface area contributed by atoms with Crippen LogP contribution in [0.3, 0.4) is 0 Å². The molecule has 4 fully saturated rings. The smallest absolute Gasteiger partial charge is 0.238 e. The van der Waals surface area contributed by atoms with Gasteiger partial charge in [-0.3, -0.25) is 0 Å². The van der Waals surface area contributed by atoms with E-state index in [1.165, 1.54) is 37.7 Å². The van der Waals surface area contributed by atoms with E-state index in [2.05, 4.69) is 30.9 Å². The lowest BCUT2D eigenvalue weighted by atomic mass is 9.61. The summed E-state index contributed by atoms with van der Waals surface area (Å²) in [5.41, 5.74) is 3.11. The van der Waals surface area contributed by atoms with E-state index in [9.17, 15) is 19.0 Å². The van der Waals surface area contributed by atoms with E-state index in [4.69, 9.17) is 0 Å². The van der Waals surface area contributed by atoms with Crippen molar-refractivity contribution in [3.8, 4) is 0 Å². The predicted octanol–water partition coefficient (Wildman–Crippen LogP) is 5.96. The van der Waals surface area contributed by atoms with Crippen LogP contribution in [0, 0.1) is 29.1 Å². The zero-order chi connectivity index (χ0) is 23.6. The molecule has 188 valence electrons. The molecular weight excluding hydrogens is 420 g/mol. The maximum Gasteiger partial charge on any atom is 0.238 e.